The fraction of sp³-hybridized carbons (Fsp3) is 0.136. The van der Waals surface area contributed by atoms with Gasteiger partial charge in [-0.05, 0) is 29.8 Å². The van der Waals surface area contributed by atoms with Gasteiger partial charge in [-0.15, -0.1) is 0 Å². The molecule has 3 aromatic carbocycles. The Hall–Kier alpha value is -3.48. The molecule has 0 aromatic heterocycles. The van der Waals surface area contributed by atoms with E-state index in [0.29, 0.717) is 11.3 Å². The number of carbonyl (C=O) groups excluding carboxylic acids is 1. The number of nitrogens with zero attached hydrogens (tertiary/aromatic N) is 1. The fourth-order valence-corrected chi connectivity index (χ4v) is 2.87. The molecule has 1 N–H and O–H groups in total. The van der Waals surface area contributed by atoms with Gasteiger partial charge in [-0.3, -0.25) is 5.11 Å². The first-order chi connectivity index (χ1) is 13.8. The number of halogens is 3. The molecule has 7 heteroatoms. The number of carbonyl (C=O) groups is 1. The third kappa shape index (κ3) is 4.87. The van der Waals surface area contributed by atoms with E-state index in [1.54, 1.807) is 60.7 Å². The van der Waals surface area contributed by atoms with Crippen molar-refractivity contribution in [3.05, 3.63) is 83.9 Å². The van der Waals surface area contributed by atoms with Crippen molar-refractivity contribution in [2.24, 2.45) is 0 Å². The molecular weight excluding hydrogens is 381 g/mol. The minimum atomic E-state index is -4.61. The van der Waals surface area contributed by atoms with Crippen LogP contribution in [0.3, 0.4) is 0 Å². The monoisotopic (exact) mass is 399 g/mol. The van der Waals surface area contributed by atoms with Crippen molar-refractivity contribution in [2.75, 3.05) is 12.4 Å². The molecule has 0 spiro atoms. The van der Waals surface area contributed by atoms with Crippen LogP contribution in [0.4, 0.5) is 23.7 Å². The molecule has 2 amide bonds. The highest BCUT2D eigenvalue weighted by Crippen LogP contribution is 2.40. The zero-order chi connectivity index (χ0) is 21.0. The summed E-state index contributed by atoms with van der Waals surface area (Å²) in [6.45, 7) is -0.263. The van der Waals surface area contributed by atoms with E-state index in [1.807, 2.05) is 0 Å². The number of hydrogen-bond acceptors (Lipinski definition) is 1. The molecule has 0 saturated heterocycles. The van der Waals surface area contributed by atoms with Gasteiger partial charge < -0.3 is 10.2 Å². The van der Waals surface area contributed by atoms with Gasteiger partial charge in [0, 0.05) is 23.9 Å². The van der Waals surface area contributed by atoms with Crippen LogP contribution in [-0.4, -0.2) is 18.0 Å². The number of anilines is 1. The maximum absolute atomic E-state index is 13.4. The van der Waals surface area contributed by atoms with E-state index >= 15 is 0 Å². The summed E-state index contributed by atoms with van der Waals surface area (Å²) in [5, 5.41) is 15.5. The van der Waals surface area contributed by atoms with Crippen molar-refractivity contribution in [1.29, 1.82) is 0 Å². The molecule has 0 atom stereocenters. The van der Waals surface area contributed by atoms with Crippen molar-refractivity contribution in [2.45, 2.75) is 12.7 Å². The largest absolute Gasteiger partial charge is 0.416 e. The predicted octanol–water partition coefficient (Wildman–Crippen LogP) is 6.18. The Bertz CT molecular complexity index is 990. The first kappa shape index (κ1) is 20.3. The summed E-state index contributed by atoms with van der Waals surface area (Å²) < 4.78 is 40.2. The topological polar surface area (TPSA) is 52.2 Å². The Morgan fingerprint density at radius 2 is 1.55 bits per heavy atom. The second-order valence-electron chi connectivity index (χ2n) is 6.53. The van der Waals surface area contributed by atoms with Gasteiger partial charge in [0.25, 0.3) is 0 Å². The molecule has 3 aromatic rings. The Morgan fingerprint density at radius 3 is 2.14 bits per heavy atom. The molecule has 0 unspecified atom stereocenters. The number of hydrogen-bond donors (Lipinski definition) is 1. The third-order valence-corrected chi connectivity index (χ3v) is 4.36. The van der Waals surface area contributed by atoms with Crippen LogP contribution < -0.4 is 5.32 Å². The molecule has 0 heterocycles. The van der Waals surface area contributed by atoms with Gasteiger partial charge in [0.1, 0.15) is 0 Å². The summed E-state index contributed by atoms with van der Waals surface area (Å²) in [7, 11) is 1.42. The van der Waals surface area contributed by atoms with Crippen LogP contribution in [-0.2, 0) is 17.8 Å². The highest BCUT2D eigenvalue weighted by Gasteiger charge is 2.33. The van der Waals surface area contributed by atoms with E-state index in [1.165, 1.54) is 11.9 Å². The van der Waals surface area contributed by atoms with E-state index in [4.69, 9.17) is 0 Å². The van der Waals surface area contributed by atoms with Crippen LogP contribution in [0.5, 0.6) is 5.75 Å². The average Bonchev–Trinajstić information content (AvgIpc) is 2.70. The second-order valence-corrected chi connectivity index (χ2v) is 6.53. The molecule has 0 bridgehead atoms. The van der Waals surface area contributed by atoms with Crippen LogP contribution in [0, 0.1) is 0 Å². The van der Waals surface area contributed by atoms with Crippen molar-refractivity contribution in [3.63, 3.8) is 0 Å². The zero-order valence-electron chi connectivity index (χ0n) is 15.5. The lowest BCUT2D eigenvalue weighted by Crippen LogP contribution is -2.31. The fourth-order valence-electron chi connectivity index (χ4n) is 2.87. The van der Waals surface area contributed by atoms with E-state index in [9.17, 15) is 23.1 Å². The minimum absolute atomic E-state index is 0.0488. The first-order valence-electron chi connectivity index (χ1n) is 8.79. The molecule has 0 aliphatic heterocycles. The number of alkyl halides is 3. The number of nitrogens with one attached hydrogen (secondary N) is 1. The van der Waals surface area contributed by atoms with E-state index in [-0.39, 0.29) is 17.7 Å². The molecular formula is C22H18F3N2O2. The highest BCUT2D eigenvalue weighted by atomic mass is 19.4. The van der Waals surface area contributed by atoms with Crippen molar-refractivity contribution in [1.82, 2.24) is 4.90 Å². The highest BCUT2D eigenvalue weighted by molar-refractivity contribution is 5.89. The SMILES string of the molecule is CN(Cc1cc(C(F)(F)F)cc(-c2ccccc2)c1[O])C(=O)Nc1ccccc1. The first-order valence-corrected chi connectivity index (χ1v) is 8.79. The summed E-state index contributed by atoms with van der Waals surface area (Å²) >= 11 is 0. The molecule has 0 aliphatic carbocycles. The summed E-state index contributed by atoms with van der Waals surface area (Å²) in [4.78, 5) is 13.5. The molecule has 29 heavy (non-hydrogen) atoms. The van der Waals surface area contributed by atoms with Crippen LogP contribution in [0.25, 0.3) is 11.1 Å². The van der Waals surface area contributed by atoms with Crippen molar-refractivity contribution < 1.29 is 23.1 Å². The zero-order valence-corrected chi connectivity index (χ0v) is 15.5. The molecule has 0 aliphatic rings. The summed E-state index contributed by atoms with van der Waals surface area (Å²) in [6.07, 6.45) is -4.61. The van der Waals surface area contributed by atoms with Gasteiger partial charge in [-0.1, -0.05) is 48.5 Å². The lowest BCUT2D eigenvalue weighted by atomic mass is 9.97. The molecule has 149 valence electrons. The number of amides is 2. The Labute approximate surface area is 166 Å². The molecule has 0 saturated carbocycles. The van der Waals surface area contributed by atoms with Gasteiger partial charge in [0.2, 0.25) is 0 Å². The second kappa shape index (κ2) is 8.26. The molecule has 4 nitrogen and oxygen atoms in total. The average molecular weight is 399 g/mol. The van der Waals surface area contributed by atoms with Crippen molar-refractivity contribution >= 4 is 11.7 Å². The molecule has 3 rings (SSSR count). The van der Waals surface area contributed by atoms with Crippen LogP contribution in [0.15, 0.2) is 72.8 Å². The normalized spacial score (nSPS) is 11.2. The van der Waals surface area contributed by atoms with Gasteiger partial charge in [-0.2, -0.15) is 13.2 Å². The third-order valence-electron chi connectivity index (χ3n) is 4.36. The molecule has 1 radical (unpaired) electrons. The summed E-state index contributed by atoms with van der Waals surface area (Å²) in [5.41, 5.74) is -0.151. The maximum Gasteiger partial charge on any atom is 0.416 e. The van der Waals surface area contributed by atoms with Gasteiger partial charge in [-0.25, -0.2) is 4.79 Å². The van der Waals surface area contributed by atoms with E-state index < -0.39 is 23.5 Å². The Morgan fingerprint density at radius 1 is 0.966 bits per heavy atom. The standard InChI is InChI=1S/C22H18F3N2O2/c1-27(21(29)26-18-10-6-3-7-11-18)14-16-12-17(22(23,24)25)13-19(20(16)28)15-8-4-2-5-9-15/h2-13H,14H2,1H3,(H,26,29). The van der Waals surface area contributed by atoms with Gasteiger partial charge >= 0.3 is 12.2 Å². The van der Waals surface area contributed by atoms with Gasteiger partial charge in [0.05, 0.1) is 12.1 Å². The van der Waals surface area contributed by atoms with Crippen molar-refractivity contribution in [3.8, 4) is 16.9 Å². The number of urea groups is 1. The van der Waals surface area contributed by atoms with Gasteiger partial charge in [0.15, 0.2) is 5.75 Å². The van der Waals surface area contributed by atoms with E-state index in [2.05, 4.69) is 5.32 Å². The van der Waals surface area contributed by atoms with Crippen LogP contribution >= 0.6 is 0 Å². The lowest BCUT2D eigenvalue weighted by molar-refractivity contribution is -0.137. The number of rotatable bonds is 4. The summed E-state index contributed by atoms with van der Waals surface area (Å²) in [5.74, 6) is -0.538. The Balaban J connectivity index is 1.92. The maximum atomic E-state index is 13.4. The quantitative estimate of drug-likeness (QED) is 0.560. The number of para-hydroxylation sites is 1. The minimum Gasteiger partial charge on any atom is -0.323 e. The van der Waals surface area contributed by atoms with Crippen LogP contribution in [0.2, 0.25) is 0 Å². The predicted molar refractivity (Wildman–Crippen MR) is 104 cm³/mol. The Kier molecular flexibility index (Phi) is 5.77. The van der Waals surface area contributed by atoms with Crippen LogP contribution in [0.1, 0.15) is 11.1 Å². The van der Waals surface area contributed by atoms with E-state index in [0.717, 1.165) is 12.1 Å². The number of benzene rings is 3. The lowest BCUT2D eigenvalue weighted by Gasteiger charge is -2.20. The summed E-state index contributed by atoms with van der Waals surface area (Å²) in [6, 6.07) is 17.9. The smallest absolute Gasteiger partial charge is 0.323 e. The molecule has 0 fully saturated rings.